The summed E-state index contributed by atoms with van der Waals surface area (Å²) in [6, 6.07) is 3.76. The fourth-order valence-electron chi connectivity index (χ4n) is 2.14. The Labute approximate surface area is 119 Å². The lowest BCUT2D eigenvalue weighted by atomic mass is 9.84. The second-order valence-electron chi connectivity index (χ2n) is 5.35. The number of nitrogen functional groups attached to an aromatic ring is 1. The Morgan fingerprint density at radius 1 is 1.47 bits per heavy atom. The molecule has 0 aliphatic heterocycles. The fourth-order valence-corrected chi connectivity index (χ4v) is 3.06. The van der Waals surface area contributed by atoms with Gasteiger partial charge in [0.15, 0.2) is 0 Å². The molecular formula is C14H23N3OS. The van der Waals surface area contributed by atoms with Gasteiger partial charge in [0.2, 0.25) is 5.88 Å². The third kappa shape index (κ3) is 3.47. The lowest BCUT2D eigenvalue weighted by Crippen LogP contribution is -2.40. The maximum absolute atomic E-state index is 5.86. The Morgan fingerprint density at radius 2 is 2.21 bits per heavy atom. The molecule has 19 heavy (non-hydrogen) atoms. The number of thioether (sulfide) groups is 1. The molecule has 1 heterocycles. The van der Waals surface area contributed by atoms with Crippen molar-refractivity contribution in [2.24, 2.45) is 0 Å². The summed E-state index contributed by atoms with van der Waals surface area (Å²) in [5.41, 5.74) is 6.45. The summed E-state index contributed by atoms with van der Waals surface area (Å²) >= 11 is 1.95. The molecule has 0 spiro atoms. The minimum Gasteiger partial charge on any atom is -0.473 e. The van der Waals surface area contributed by atoms with Gasteiger partial charge < -0.3 is 15.8 Å². The van der Waals surface area contributed by atoms with E-state index in [1.165, 1.54) is 19.3 Å². The average molecular weight is 281 g/mol. The second-order valence-corrected chi connectivity index (χ2v) is 6.63. The summed E-state index contributed by atoms with van der Waals surface area (Å²) < 4.78 is 5.99. The quantitative estimate of drug-likeness (QED) is 0.839. The van der Waals surface area contributed by atoms with Crippen molar-refractivity contribution in [1.82, 2.24) is 4.98 Å². The number of pyridine rings is 1. The van der Waals surface area contributed by atoms with E-state index in [1.807, 2.05) is 37.7 Å². The van der Waals surface area contributed by atoms with Crippen LogP contribution >= 0.6 is 11.8 Å². The van der Waals surface area contributed by atoms with Gasteiger partial charge in [-0.3, -0.25) is 0 Å². The number of rotatable bonds is 6. The first-order valence-corrected chi connectivity index (χ1v) is 7.99. The molecule has 1 fully saturated rings. The highest BCUT2D eigenvalue weighted by Crippen LogP contribution is 2.42. The van der Waals surface area contributed by atoms with Gasteiger partial charge in [0, 0.05) is 11.3 Å². The SMILES string of the molecule is CSC1(CNc2ccc(N)c(OC(C)C)n2)CCC1. The van der Waals surface area contributed by atoms with Crippen molar-refractivity contribution < 1.29 is 4.74 Å². The monoisotopic (exact) mass is 281 g/mol. The summed E-state index contributed by atoms with van der Waals surface area (Å²) in [5, 5.41) is 3.41. The number of hydrogen-bond donors (Lipinski definition) is 2. The van der Waals surface area contributed by atoms with Crippen LogP contribution in [0.4, 0.5) is 11.5 Å². The van der Waals surface area contributed by atoms with E-state index in [9.17, 15) is 0 Å². The normalized spacial score (nSPS) is 17.1. The number of ether oxygens (including phenoxy) is 1. The lowest BCUT2D eigenvalue weighted by Gasteiger charge is -2.40. The predicted octanol–water partition coefficient (Wildman–Crippen LogP) is 3.15. The molecule has 2 rings (SSSR count). The predicted molar refractivity (Wildman–Crippen MR) is 83.0 cm³/mol. The van der Waals surface area contributed by atoms with E-state index in [2.05, 4.69) is 16.6 Å². The van der Waals surface area contributed by atoms with Crippen molar-refractivity contribution in [3.63, 3.8) is 0 Å². The van der Waals surface area contributed by atoms with Gasteiger partial charge >= 0.3 is 0 Å². The third-order valence-electron chi connectivity index (χ3n) is 3.53. The van der Waals surface area contributed by atoms with Crippen molar-refractivity contribution in [2.75, 3.05) is 23.9 Å². The number of nitrogens with zero attached hydrogens (tertiary/aromatic N) is 1. The van der Waals surface area contributed by atoms with Crippen molar-refractivity contribution >= 4 is 23.3 Å². The Bertz CT molecular complexity index is 427. The highest BCUT2D eigenvalue weighted by molar-refractivity contribution is 8.00. The molecule has 0 radical (unpaired) electrons. The molecule has 3 N–H and O–H groups in total. The summed E-state index contributed by atoms with van der Waals surface area (Å²) in [7, 11) is 0. The Kier molecular flexibility index (Phi) is 4.45. The number of nitrogens with two attached hydrogens (primary N) is 1. The third-order valence-corrected chi connectivity index (χ3v) is 4.95. The largest absolute Gasteiger partial charge is 0.473 e. The minimum absolute atomic E-state index is 0.0780. The van der Waals surface area contributed by atoms with E-state index >= 15 is 0 Å². The van der Waals surface area contributed by atoms with Gasteiger partial charge in [0.05, 0.1) is 11.8 Å². The summed E-state index contributed by atoms with van der Waals surface area (Å²) in [6.45, 7) is 4.89. The van der Waals surface area contributed by atoms with Crippen molar-refractivity contribution in [3.05, 3.63) is 12.1 Å². The molecular weight excluding hydrogens is 258 g/mol. The molecule has 0 unspecified atom stereocenters. The topological polar surface area (TPSA) is 60.2 Å². The van der Waals surface area contributed by atoms with Crippen LogP contribution in [-0.2, 0) is 0 Å². The molecule has 0 saturated heterocycles. The van der Waals surface area contributed by atoms with Crippen LogP contribution in [0.15, 0.2) is 12.1 Å². The van der Waals surface area contributed by atoms with E-state index in [1.54, 1.807) is 0 Å². The van der Waals surface area contributed by atoms with E-state index in [-0.39, 0.29) is 6.10 Å². The van der Waals surface area contributed by atoms with Crippen LogP contribution in [0, 0.1) is 0 Å². The molecule has 5 heteroatoms. The molecule has 1 aliphatic rings. The summed E-state index contributed by atoms with van der Waals surface area (Å²) in [4.78, 5) is 4.44. The Balaban J connectivity index is 2.00. The van der Waals surface area contributed by atoms with Gasteiger partial charge in [0.25, 0.3) is 0 Å². The summed E-state index contributed by atoms with van der Waals surface area (Å²) in [6.07, 6.45) is 6.16. The molecule has 1 aromatic rings. The molecule has 0 bridgehead atoms. The fraction of sp³-hybridized carbons (Fsp3) is 0.643. The highest BCUT2D eigenvalue weighted by Gasteiger charge is 2.35. The van der Waals surface area contributed by atoms with Crippen LogP contribution in [-0.4, -0.2) is 28.6 Å². The molecule has 106 valence electrons. The Morgan fingerprint density at radius 3 is 2.74 bits per heavy atom. The van der Waals surface area contributed by atoms with Gasteiger partial charge in [-0.1, -0.05) is 6.42 Å². The molecule has 4 nitrogen and oxygen atoms in total. The smallest absolute Gasteiger partial charge is 0.239 e. The first kappa shape index (κ1) is 14.3. The van der Waals surface area contributed by atoms with Gasteiger partial charge in [0.1, 0.15) is 5.82 Å². The molecule has 1 aromatic heterocycles. The van der Waals surface area contributed by atoms with Crippen LogP contribution in [0.3, 0.4) is 0 Å². The van der Waals surface area contributed by atoms with Crippen molar-refractivity contribution in [2.45, 2.75) is 44.0 Å². The number of hydrogen-bond acceptors (Lipinski definition) is 5. The molecule has 0 atom stereocenters. The van der Waals surface area contributed by atoms with E-state index < -0.39 is 0 Å². The molecule has 0 aromatic carbocycles. The van der Waals surface area contributed by atoms with E-state index in [4.69, 9.17) is 10.5 Å². The molecule has 1 aliphatic carbocycles. The van der Waals surface area contributed by atoms with E-state index in [0.29, 0.717) is 16.3 Å². The number of nitrogens with one attached hydrogen (secondary N) is 1. The average Bonchev–Trinajstić information content (AvgIpc) is 2.31. The molecule has 1 saturated carbocycles. The van der Waals surface area contributed by atoms with Gasteiger partial charge in [-0.15, -0.1) is 0 Å². The standard InChI is InChI=1S/C14H23N3OS/c1-10(2)18-13-11(15)5-6-12(17-13)16-9-14(19-3)7-4-8-14/h5-6,10H,4,7-9,15H2,1-3H3,(H,16,17). The molecule has 0 amide bonds. The maximum Gasteiger partial charge on any atom is 0.239 e. The number of aromatic nitrogens is 1. The first-order valence-electron chi connectivity index (χ1n) is 6.77. The number of anilines is 2. The van der Waals surface area contributed by atoms with Crippen molar-refractivity contribution in [3.8, 4) is 5.88 Å². The van der Waals surface area contributed by atoms with Crippen molar-refractivity contribution in [1.29, 1.82) is 0 Å². The second kappa shape index (κ2) is 5.90. The van der Waals surface area contributed by atoms with E-state index in [0.717, 1.165) is 12.4 Å². The maximum atomic E-state index is 5.86. The van der Waals surface area contributed by atoms with Crippen LogP contribution in [0.1, 0.15) is 33.1 Å². The van der Waals surface area contributed by atoms with Gasteiger partial charge in [-0.05, 0) is 45.1 Å². The zero-order valence-corrected chi connectivity index (χ0v) is 12.7. The minimum atomic E-state index is 0.0780. The lowest BCUT2D eigenvalue weighted by molar-refractivity contribution is 0.234. The summed E-state index contributed by atoms with van der Waals surface area (Å²) in [5.74, 6) is 1.36. The highest BCUT2D eigenvalue weighted by atomic mass is 32.2. The Hall–Kier alpha value is -1.10. The first-order chi connectivity index (χ1) is 9.04. The zero-order chi connectivity index (χ0) is 13.9. The van der Waals surface area contributed by atoms with Crippen LogP contribution < -0.4 is 15.8 Å². The van der Waals surface area contributed by atoms with Gasteiger partial charge in [-0.2, -0.15) is 16.7 Å². The van der Waals surface area contributed by atoms with Gasteiger partial charge in [-0.25, -0.2) is 0 Å². The van der Waals surface area contributed by atoms with Crippen LogP contribution in [0.25, 0.3) is 0 Å². The zero-order valence-electron chi connectivity index (χ0n) is 11.9. The van der Waals surface area contributed by atoms with Crippen LogP contribution in [0.5, 0.6) is 5.88 Å². The van der Waals surface area contributed by atoms with Crippen LogP contribution in [0.2, 0.25) is 0 Å².